The van der Waals surface area contributed by atoms with Gasteiger partial charge in [-0.25, -0.2) is 0 Å². The maximum absolute atomic E-state index is 4.72. The highest BCUT2D eigenvalue weighted by Crippen LogP contribution is 2.31. The summed E-state index contributed by atoms with van der Waals surface area (Å²) in [6, 6.07) is 12.8. The summed E-state index contributed by atoms with van der Waals surface area (Å²) < 4.78 is 0. The van der Waals surface area contributed by atoms with Crippen LogP contribution in [0, 0.1) is 6.92 Å². The predicted octanol–water partition coefficient (Wildman–Crippen LogP) is 3.55. The molecule has 0 unspecified atom stereocenters. The fourth-order valence-electron chi connectivity index (χ4n) is 2.56. The van der Waals surface area contributed by atoms with Crippen LogP contribution in [0.1, 0.15) is 23.2 Å². The second kappa shape index (κ2) is 3.75. The first-order valence-corrected chi connectivity index (χ1v) is 5.89. The van der Waals surface area contributed by atoms with Crippen molar-refractivity contribution in [2.24, 2.45) is 0 Å². The Morgan fingerprint density at radius 3 is 2.69 bits per heavy atom. The van der Waals surface area contributed by atoms with E-state index in [1.807, 2.05) is 0 Å². The quantitative estimate of drug-likeness (QED) is 0.700. The van der Waals surface area contributed by atoms with Crippen molar-refractivity contribution in [3.63, 3.8) is 0 Å². The lowest BCUT2D eigenvalue weighted by Crippen LogP contribution is -1.95. The van der Waals surface area contributed by atoms with Crippen LogP contribution in [0.3, 0.4) is 0 Å². The Labute approximate surface area is 96.2 Å². The van der Waals surface area contributed by atoms with E-state index in [2.05, 4.69) is 43.3 Å². The molecule has 0 fully saturated rings. The van der Waals surface area contributed by atoms with Crippen LogP contribution in [0.2, 0.25) is 0 Å². The molecule has 1 nitrogen and oxygen atoms in total. The predicted molar refractivity (Wildman–Crippen MR) is 66.4 cm³/mol. The molecule has 1 aliphatic rings. The summed E-state index contributed by atoms with van der Waals surface area (Å²) in [5, 5.41) is 0. The summed E-state index contributed by atoms with van der Waals surface area (Å²) in [6.07, 6.45) is 3.69. The molecule has 1 heterocycles. The standard InChI is InChI=1S/C15H15N/c1-11-10-13-8-5-9-14(13)15(16-11)12-6-3-2-4-7-12/h2-4,6-7,10H,5,8-9H2,1H3. The molecule has 1 heteroatoms. The molecule has 0 amide bonds. The Hall–Kier alpha value is -1.63. The van der Waals surface area contributed by atoms with Gasteiger partial charge in [0.1, 0.15) is 0 Å². The third kappa shape index (κ3) is 1.53. The van der Waals surface area contributed by atoms with Crippen LogP contribution in [0.15, 0.2) is 36.4 Å². The van der Waals surface area contributed by atoms with Gasteiger partial charge in [0.25, 0.3) is 0 Å². The molecule has 0 spiro atoms. The largest absolute Gasteiger partial charge is 0.253 e. The molecule has 0 atom stereocenters. The van der Waals surface area contributed by atoms with Gasteiger partial charge in [-0.15, -0.1) is 0 Å². The minimum absolute atomic E-state index is 1.14. The van der Waals surface area contributed by atoms with Crippen molar-refractivity contribution in [2.45, 2.75) is 26.2 Å². The van der Waals surface area contributed by atoms with Gasteiger partial charge in [-0.2, -0.15) is 0 Å². The lowest BCUT2D eigenvalue weighted by atomic mass is 10.0. The number of rotatable bonds is 1. The van der Waals surface area contributed by atoms with Gasteiger partial charge >= 0.3 is 0 Å². The van der Waals surface area contributed by atoms with Crippen LogP contribution >= 0.6 is 0 Å². The molecule has 80 valence electrons. The fourth-order valence-corrected chi connectivity index (χ4v) is 2.56. The summed E-state index contributed by atoms with van der Waals surface area (Å²) in [5.41, 5.74) is 6.57. The SMILES string of the molecule is Cc1cc2c(c(-c3ccccc3)n1)CCC2. The van der Waals surface area contributed by atoms with E-state index in [0.717, 1.165) is 5.69 Å². The van der Waals surface area contributed by atoms with Gasteiger partial charge in [-0.1, -0.05) is 30.3 Å². The van der Waals surface area contributed by atoms with Crippen molar-refractivity contribution in [2.75, 3.05) is 0 Å². The smallest absolute Gasteiger partial charge is 0.0739 e. The highest BCUT2D eigenvalue weighted by molar-refractivity contribution is 5.65. The van der Waals surface area contributed by atoms with Gasteiger partial charge in [0.05, 0.1) is 5.69 Å². The Morgan fingerprint density at radius 1 is 1.06 bits per heavy atom. The number of aromatic nitrogens is 1. The van der Waals surface area contributed by atoms with E-state index in [9.17, 15) is 0 Å². The summed E-state index contributed by atoms with van der Waals surface area (Å²) in [7, 11) is 0. The number of aryl methyl sites for hydroxylation is 2. The molecule has 0 saturated carbocycles. The van der Waals surface area contributed by atoms with Gasteiger partial charge < -0.3 is 0 Å². The number of benzene rings is 1. The van der Waals surface area contributed by atoms with E-state index in [-0.39, 0.29) is 0 Å². The average molecular weight is 209 g/mol. The van der Waals surface area contributed by atoms with Crippen molar-refractivity contribution >= 4 is 0 Å². The van der Waals surface area contributed by atoms with Crippen LogP contribution in [0.4, 0.5) is 0 Å². The van der Waals surface area contributed by atoms with E-state index in [1.165, 1.54) is 41.6 Å². The summed E-state index contributed by atoms with van der Waals surface area (Å²) in [6.45, 7) is 2.09. The van der Waals surface area contributed by atoms with Crippen LogP contribution in [-0.4, -0.2) is 4.98 Å². The van der Waals surface area contributed by atoms with E-state index in [1.54, 1.807) is 0 Å². The average Bonchev–Trinajstić information content (AvgIpc) is 2.77. The Balaban J connectivity index is 2.21. The lowest BCUT2D eigenvalue weighted by molar-refractivity contribution is 0.911. The molecular weight excluding hydrogens is 194 g/mol. The Morgan fingerprint density at radius 2 is 1.88 bits per heavy atom. The molecule has 16 heavy (non-hydrogen) atoms. The van der Waals surface area contributed by atoms with Crippen molar-refractivity contribution < 1.29 is 0 Å². The second-order valence-corrected chi connectivity index (χ2v) is 4.47. The second-order valence-electron chi connectivity index (χ2n) is 4.47. The number of fused-ring (bicyclic) bond motifs is 1. The zero-order valence-corrected chi connectivity index (χ0v) is 9.53. The molecule has 1 aromatic heterocycles. The molecule has 1 aromatic carbocycles. The molecule has 3 rings (SSSR count). The summed E-state index contributed by atoms with van der Waals surface area (Å²) >= 11 is 0. The molecule has 0 bridgehead atoms. The van der Waals surface area contributed by atoms with Gasteiger partial charge in [0.15, 0.2) is 0 Å². The first kappa shape index (κ1) is 9.59. The van der Waals surface area contributed by atoms with Gasteiger partial charge in [-0.05, 0) is 43.4 Å². The highest BCUT2D eigenvalue weighted by atomic mass is 14.7. The van der Waals surface area contributed by atoms with Crippen LogP contribution in [0.5, 0.6) is 0 Å². The third-order valence-corrected chi connectivity index (χ3v) is 3.26. The first-order valence-electron chi connectivity index (χ1n) is 5.89. The van der Waals surface area contributed by atoms with E-state index in [0.29, 0.717) is 0 Å². The van der Waals surface area contributed by atoms with Crippen LogP contribution in [-0.2, 0) is 12.8 Å². The summed E-state index contributed by atoms with van der Waals surface area (Å²) in [5.74, 6) is 0. The van der Waals surface area contributed by atoms with Crippen LogP contribution in [0.25, 0.3) is 11.3 Å². The van der Waals surface area contributed by atoms with Crippen LogP contribution < -0.4 is 0 Å². The Bertz CT molecular complexity index is 514. The number of hydrogen-bond donors (Lipinski definition) is 0. The number of pyridine rings is 1. The number of nitrogens with zero attached hydrogens (tertiary/aromatic N) is 1. The topological polar surface area (TPSA) is 12.9 Å². The zero-order valence-electron chi connectivity index (χ0n) is 9.53. The molecule has 0 radical (unpaired) electrons. The monoisotopic (exact) mass is 209 g/mol. The normalized spacial score (nSPS) is 13.8. The van der Waals surface area contributed by atoms with Crippen molar-refractivity contribution in [1.82, 2.24) is 4.98 Å². The Kier molecular flexibility index (Phi) is 2.24. The molecule has 1 aliphatic carbocycles. The fraction of sp³-hybridized carbons (Fsp3) is 0.267. The summed E-state index contributed by atoms with van der Waals surface area (Å²) in [4.78, 5) is 4.72. The maximum Gasteiger partial charge on any atom is 0.0739 e. The minimum Gasteiger partial charge on any atom is -0.253 e. The highest BCUT2D eigenvalue weighted by Gasteiger charge is 2.17. The van der Waals surface area contributed by atoms with Crippen molar-refractivity contribution in [1.29, 1.82) is 0 Å². The molecule has 0 aliphatic heterocycles. The van der Waals surface area contributed by atoms with Crippen molar-refractivity contribution in [3.05, 3.63) is 53.2 Å². The molecule has 0 N–H and O–H groups in total. The lowest BCUT2D eigenvalue weighted by Gasteiger charge is -2.09. The maximum atomic E-state index is 4.72. The zero-order chi connectivity index (χ0) is 11.0. The number of hydrogen-bond acceptors (Lipinski definition) is 1. The molecule has 2 aromatic rings. The van der Waals surface area contributed by atoms with Gasteiger partial charge in [0, 0.05) is 11.3 Å². The van der Waals surface area contributed by atoms with E-state index < -0.39 is 0 Å². The third-order valence-electron chi connectivity index (χ3n) is 3.26. The van der Waals surface area contributed by atoms with E-state index in [4.69, 9.17) is 4.98 Å². The van der Waals surface area contributed by atoms with Crippen molar-refractivity contribution in [3.8, 4) is 11.3 Å². The van der Waals surface area contributed by atoms with E-state index >= 15 is 0 Å². The van der Waals surface area contributed by atoms with Gasteiger partial charge in [0.2, 0.25) is 0 Å². The minimum atomic E-state index is 1.14. The molecular formula is C15H15N. The molecule has 0 saturated heterocycles. The van der Waals surface area contributed by atoms with Gasteiger partial charge in [-0.3, -0.25) is 4.98 Å². The first-order chi connectivity index (χ1) is 7.84.